The Hall–Kier alpha value is -1.80. The molecule has 0 aromatic heterocycles. The molecule has 18 heavy (non-hydrogen) atoms. The number of nitrogens with two attached hydrogens (primary N) is 1. The van der Waals surface area contributed by atoms with E-state index < -0.39 is 0 Å². The summed E-state index contributed by atoms with van der Waals surface area (Å²) in [6.45, 7) is 5.95. The zero-order valence-electron chi connectivity index (χ0n) is 11.0. The van der Waals surface area contributed by atoms with Crippen molar-refractivity contribution in [2.24, 2.45) is 0 Å². The van der Waals surface area contributed by atoms with Crippen LogP contribution >= 0.6 is 0 Å². The first-order valence-electron chi connectivity index (χ1n) is 6.27. The first-order chi connectivity index (χ1) is 8.66. The van der Waals surface area contributed by atoms with Crippen LogP contribution in [0.15, 0.2) is 42.5 Å². The minimum absolute atomic E-state index is 0.806. The molecule has 3 N–H and O–H groups in total. The first-order valence-corrected chi connectivity index (χ1v) is 6.27. The molecule has 0 spiro atoms. The summed E-state index contributed by atoms with van der Waals surface area (Å²) in [6.07, 6.45) is 0. The van der Waals surface area contributed by atoms with Gasteiger partial charge in [0, 0.05) is 18.8 Å². The van der Waals surface area contributed by atoms with E-state index in [2.05, 4.69) is 43.4 Å². The third-order valence-electron chi connectivity index (χ3n) is 3.18. The molecule has 2 heteroatoms. The molecular formula is C16H20N2. The summed E-state index contributed by atoms with van der Waals surface area (Å²) in [4.78, 5) is 0. The van der Waals surface area contributed by atoms with Crippen molar-refractivity contribution < 1.29 is 0 Å². The van der Waals surface area contributed by atoms with E-state index in [0.29, 0.717) is 0 Å². The highest BCUT2D eigenvalue weighted by atomic mass is 14.9. The van der Waals surface area contributed by atoms with Gasteiger partial charge in [-0.15, -0.1) is 0 Å². The molecule has 0 saturated carbocycles. The van der Waals surface area contributed by atoms with Crippen LogP contribution in [0.2, 0.25) is 0 Å². The molecule has 0 saturated heterocycles. The van der Waals surface area contributed by atoms with Crippen LogP contribution in [-0.4, -0.2) is 0 Å². The Labute approximate surface area is 109 Å². The Kier molecular flexibility index (Phi) is 4.00. The van der Waals surface area contributed by atoms with Crippen LogP contribution in [0, 0.1) is 13.8 Å². The fourth-order valence-corrected chi connectivity index (χ4v) is 2.07. The second-order valence-electron chi connectivity index (χ2n) is 4.73. The van der Waals surface area contributed by atoms with Gasteiger partial charge in [0.2, 0.25) is 0 Å². The standard InChI is InChI=1S/C16H20N2/c1-12-7-8-14(13(2)9-12)10-18-11-15-5-3-4-6-16(15)17/h3-9,18H,10-11,17H2,1-2H3. The molecule has 2 aromatic carbocycles. The number of nitrogens with one attached hydrogen (secondary N) is 1. The number of rotatable bonds is 4. The van der Waals surface area contributed by atoms with Crippen molar-refractivity contribution >= 4 is 5.69 Å². The van der Waals surface area contributed by atoms with E-state index in [1.807, 2.05) is 18.2 Å². The fourth-order valence-electron chi connectivity index (χ4n) is 2.07. The van der Waals surface area contributed by atoms with Gasteiger partial charge >= 0.3 is 0 Å². The fraction of sp³-hybridized carbons (Fsp3) is 0.250. The molecular weight excluding hydrogens is 220 g/mol. The quantitative estimate of drug-likeness (QED) is 0.806. The second kappa shape index (κ2) is 5.69. The maximum Gasteiger partial charge on any atom is 0.0359 e. The summed E-state index contributed by atoms with van der Waals surface area (Å²) < 4.78 is 0. The van der Waals surface area contributed by atoms with Crippen LogP contribution in [0.25, 0.3) is 0 Å². The number of aryl methyl sites for hydroxylation is 2. The molecule has 0 aliphatic rings. The van der Waals surface area contributed by atoms with Gasteiger partial charge in [-0.3, -0.25) is 0 Å². The molecule has 0 aliphatic carbocycles. The van der Waals surface area contributed by atoms with Gasteiger partial charge in [-0.1, -0.05) is 42.0 Å². The minimum Gasteiger partial charge on any atom is -0.398 e. The monoisotopic (exact) mass is 240 g/mol. The number of benzene rings is 2. The molecule has 0 bridgehead atoms. The molecule has 0 atom stereocenters. The number of hydrogen-bond acceptors (Lipinski definition) is 2. The summed E-state index contributed by atoms with van der Waals surface area (Å²) in [7, 11) is 0. The highest BCUT2D eigenvalue weighted by molar-refractivity contribution is 5.46. The van der Waals surface area contributed by atoms with Crippen LogP contribution < -0.4 is 11.1 Å². The van der Waals surface area contributed by atoms with Crippen LogP contribution in [0.3, 0.4) is 0 Å². The van der Waals surface area contributed by atoms with Crippen molar-refractivity contribution in [3.05, 3.63) is 64.7 Å². The molecule has 2 aromatic rings. The molecule has 94 valence electrons. The Morgan fingerprint density at radius 3 is 2.39 bits per heavy atom. The predicted molar refractivity (Wildman–Crippen MR) is 77.3 cm³/mol. The largest absolute Gasteiger partial charge is 0.398 e. The topological polar surface area (TPSA) is 38.0 Å². The average Bonchev–Trinajstić information content (AvgIpc) is 2.34. The van der Waals surface area contributed by atoms with Crippen molar-refractivity contribution in [3.8, 4) is 0 Å². The average molecular weight is 240 g/mol. The van der Waals surface area contributed by atoms with Crippen molar-refractivity contribution in [2.75, 3.05) is 5.73 Å². The van der Waals surface area contributed by atoms with Crippen molar-refractivity contribution in [3.63, 3.8) is 0 Å². The highest BCUT2D eigenvalue weighted by Crippen LogP contribution is 2.12. The van der Waals surface area contributed by atoms with Gasteiger partial charge in [0.05, 0.1) is 0 Å². The van der Waals surface area contributed by atoms with E-state index in [-0.39, 0.29) is 0 Å². The van der Waals surface area contributed by atoms with Gasteiger partial charge in [-0.2, -0.15) is 0 Å². The summed E-state index contributed by atoms with van der Waals surface area (Å²) in [5, 5.41) is 3.44. The summed E-state index contributed by atoms with van der Waals surface area (Å²) in [5.74, 6) is 0. The summed E-state index contributed by atoms with van der Waals surface area (Å²) in [6, 6.07) is 14.5. The predicted octanol–water partition coefficient (Wildman–Crippen LogP) is 3.18. The van der Waals surface area contributed by atoms with E-state index in [9.17, 15) is 0 Å². The van der Waals surface area contributed by atoms with Crippen molar-refractivity contribution in [1.82, 2.24) is 5.32 Å². The molecule has 0 heterocycles. The van der Waals surface area contributed by atoms with E-state index in [1.165, 1.54) is 16.7 Å². The summed E-state index contributed by atoms with van der Waals surface area (Å²) in [5.41, 5.74) is 11.9. The third kappa shape index (κ3) is 3.11. The Bertz CT molecular complexity index is 532. The zero-order chi connectivity index (χ0) is 13.0. The molecule has 0 aliphatic heterocycles. The Balaban J connectivity index is 1.95. The van der Waals surface area contributed by atoms with Crippen LogP contribution in [0.4, 0.5) is 5.69 Å². The molecule has 0 unspecified atom stereocenters. The molecule has 0 amide bonds. The number of nitrogen functional groups attached to an aromatic ring is 1. The molecule has 0 fully saturated rings. The van der Waals surface area contributed by atoms with E-state index >= 15 is 0 Å². The van der Waals surface area contributed by atoms with E-state index in [4.69, 9.17) is 5.73 Å². The van der Waals surface area contributed by atoms with Crippen molar-refractivity contribution in [1.29, 1.82) is 0 Å². The maximum atomic E-state index is 5.91. The normalized spacial score (nSPS) is 10.6. The Morgan fingerprint density at radius 1 is 0.944 bits per heavy atom. The Morgan fingerprint density at radius 2 is 1.67 bits per heavy atom. The minimum atomic E-state index is 0.806. The smallest absolute Gasteiger partial charge is 0.0359 e. The lowest BCUT2D eigenvalue weighted by Gasteiger charge is -2.10. The maximum absolute atomic E-state index is 5.91. The third-order valence-corrected chi connectivity index (χ3v) is 3.18. The van der Waals surface area contributed by atoms with Gasteiger partial charge in [-0.25, -0.2) is 0 Å². The lowest BCUT2D eigenvalue weighted by molar-refractivity contribution is 0.692. The van der Waals surface area contributed by atoms with Gasteiger partial charge in [-0.05, 0) is 36.6 Å². The van der Waals surface area contributed by atoms with Gasteiger partial charge in [0.15, 0.2) is 0 Å². The number of hydrogen-bond donors (Lipinski definition) is 2. The molecule has 2 rings (SSSR count). The van der Waals surface area contributed by atoms with Crippen LogP contribution in [0.5, 0.6) is 0 Å². The molecule has 0 radical (unpaired) electrons. The van der Waals surface area contributed by atoms with Crippen molar-refractivity contribution in [2.45, 2.75) is 26.9 Å². The van der Waals surface area contributed by atoms with E-state index in [0.717, 1.165) is 24.3 Å². The van der Waals surface area contributed by atoms with Gasteiger partial charge in [0.25, 0.3) is 0 Å². The SMILES string of the molecule is Cc1ccc(CNCc2ccccc2N)c(C)c1. The lowest BCUT2D eigenvalue weighted by atomic mass is 10.1. The van der Waals surface area contributed by atoms with Gasteiger partial charge in [0.1, 0.15) is 0 Å². The van der Waals surface area contributed by atoms with Gasteiger partial charge < -0.3 is 11.1 Å². The zero-order valence-corrected chi connectivity index (χ0v) is 11.0. The number of anilines is 1. The second-order valence-corrected chi connectivity index (χ2v) is 4.73. The molecule has 2 nitrogen and oxygen atoms in total. The first kappa shape index (κ1) is 12.7. The van der Waals surface area contributed by atoms with E-state index in [1.54, 1.807) is 0 Å². The number of para-hydroxylation sites is 1. The highest BCUT2D eigenvalue weighted by Gasteiger charge is 2.00. The summed E-state index contributed by atoms with van der Waals surface area (Å²) >= 11 is 0. The van der Waals surface area contributed by atoms with Crippen LogP contribution in [-0.2, 0) is 13.1 Å². The van der Waals surface area contributed by atoms with Crippen LogP contribution in [0.1, 0.15) is 22.3 Å². The lowest BCUT2D eigenvalue weighted by Crippen LogP contribution is -2.14.